The number of para-hydroxylation sites is 1. The largest absolute Gasteiger partial charge is 0.493 e. The zero-order valence-corrected chi connectivity index (χ0v) is 18.3. The van der Waals surface area contributed by atoms with E-state index in [9.17, 15) is 9.59 Å². The fraction of sp³-hybridized carbons (Fsp3) is 0.111. The Morgan fingerprint density at radius 3 is 2.36 bits per heavy atom. The van der Waals surface area contributed by atoms with Gasteiger partial charge in [-0.1, -0.05) is 54.6 Å². The summed E-state index contributed by atoms with van der Waals surface area (Å²) in [5, 5.41) is 2.66. The van der Waals surface area contributed by atoms with E-state index in [1.165, 1.54) is 0 Å². The molecule has 4 rings (SSSR count). The molecule has 3 amide bonds. The summed E-state index contributed by atoms with van der Waals surface area (Å²) in [6, 6.07) is 21.9. The van der Waals surface area contributed by atoms with Crippen molar-refractivity contribution in [3.63, 3.8) is 0 Å². The number of hydrogen-bond acceptors (Lipinski definition) is 4. The van der Waals surface area contributed by atoms with E-state index in [2.05, 4.69) is 11.9 Å². The lowest BCUT2D eigenvalue weighted by Gasteiger charge is -2.16. The molecule has 6 heteroatoms. The molecule has 1 aliphatic heterocycles. The van der Waals surface area contributed by atoms with Crippen LogP contribution in [0, 0.1) is 0 Å². The Labute approximate surface area is 192 Å². The van der Waals surface area contributed by atoms with Crippen LogP contribution in [0.25, 0.3) is 6.08 Å². The first-order valence-electron chi connectivity index (χ1n) is 10.5. The lowest BCUT2D eigenvalue weighted by Crippen LogP contribution is -2.30. The van der Waals surface area contributed by atoms with Gasteiger partial charge < -0.3 is 14.8 Å². The zero-order valence-electron chi connectivity index (χ0n) is 18.3. The minimum absolute atomic E-state index is 0.188. The van der Waals surface area contributed by atoms with E-state index < -0.39 is 11.9 Å². The number of methoxy groups -OCH3 is 1. The fourth-order valence-electron chi connectivity index (χ4n) is 3.63. The van der Waals surface area contributed by atoms with Gasteiger partial charge in [0.05, 0.1) is 12.8 Å². The maximum Gasteiger partial charge on any atom is 0.333 e. The van der Waals surface area contributed by atoms with Gasteiger partial charge in [-0.15, -0.1) is 6.58 Å². The number of imide groups is 1. The van der Waals surface area contributed by atoms with Crippen molar-refractivity contribution in [2.24, 2.45) is 0 Å². The molecule has 0 unspecified atom stereocenters. The van der Waals surface area contributed by atoms with Gasteiger partial charge in [-0.2, -0.15) is 0 Å². The Kier molecular flexibility index (Phi) is 6.55. The quantitative estimate of drug-likeness (QED) is 0.301. The van der Waals surface area contributed by atoms with Crippen LogP contribution in [0.1, 0.15) is 16.7 Å². The Hall–Kier alpha value is -4.32. The van der Waals surface area contributed by atoms with Crippen molar-refractivity contribution < 1.29 is 19.1 Å². The van der Waals surface area contributed by atoms with E-state index in [4.69, 9.17) is 9.47 Å². The predicted molar refractivity (Wildman–Crippen MR) is 128 cm³/mol. The third-order valence-electron chi connectivity index (χ3n) is 5.17. The van der Waals surface area contributed by atoms with Crippen molar-refractivity contribution in [3.05, 3.63) is 108 Å². The van der Waals surface area contributed by atoms with E-state index in [1.54, 1.807) is 49.6 Å². The molecular formula is C27H24N2O4. The molecule has 33 heavy (non-hydrogen) atoms. The average Bonchev–Trinajstić information content (AvgIpc) is 3.12. The molecule has 0 aromatic heterocycles. The number of benzene rings is 3. The number of nitrogens with zero attached hydrogens (tertiary/aromatic N) is 1. The molecular weight excluding hydrogens is 416 g/mol. The molecule has 1 aliphatic rings. The molecule has 3 aromatic rings. The number of ether oxygens (including phenoxy) is 2. The van der Waals surface area contributed by atoms with Crippen molar-refractivity contribution >= 4 is 23.7 Å². The first kappa shape index (κ1) is 21.9. The van der Waals surface area contributed by atoms with Gasteiger partial charge in [-0.25, -0.2) is 9.69 Å². The van der Waals surface area contributed by atoms with Crippen molar-refractivity contribution in [1.82, 2.24) is 5.32 Å². The molecule has 1 heterocycles. The molecule has 3 aromatic carbocycles. The lowest BCUT2D eigenvalue weighted by molar-refractivity contribution is -0.113. The normalized spacial score (nSPS) is 14.3. The Balaban J connectivity index is 1.65. The van der Waals surface area contributed by atoms with Crippen LogP contribution in [0.3, 0.4) is 0 Å². The molecule has 166 valence electrons. The minimum atomic E-state index is -0.487. The van der Waals surface area contributed by atoms with Crippen molar-refractivity contribution in [2.45, 2.75) is 13.0 Å². The first-order chi connectivity index (χ1) is 16.1. The van der Waals surface area contributed by atoms with E-state index in [0.29, 0.717) is 35.8 Å². The van der Waals surface area contributed by atoms with Gasteiger partial charge in [0.1, 0.15) is 12.3 Å². The van der Waals surface area contributed by atoms with Crippen LogP contribution in [-0.2, 0) is 17.8 Å². The summed E-state index contributed by atoms with van der Waals surface area (Å²) in [6.07, 6.45) is 3.97. The third kappa shape index (κ3) is 4.80. The van der Waals surface area contributed by atoms with Gasteiger partial charge in [-0.05, 0) is 47.9 Å². The van der Waals surface area contributed by atoms with Crippen molar-refractivity contribution in [2.75, 3.05) is 12.0 Å². The van der Waals surface area contributed by atoms with Crippen molar-refractivity contribution in [3.8, 4) is 11.5 Å². The van der Waals surface area contributed by atoms with Crippen LogP contribution in [0.5, 0.6) is 11.5 Å². The molecule has 0 radical (unpaired) electrons. The highest BCUT2D eigenvalue weighted by atomic mass is 16.5. The number of amides is 3. The molecule has 0 bridgehead atoms. The Bertz CT molecular complexity index is 1200. The topological polar surface area (TPSA) is 67.9 Å². The second-order valence-electron chi connectivity index (χ2n) is 7.44. The fourth-order valence-corrected chi connectivity index (χ4v) is 3.63. The standard InChI is InChI=1S/C27H24N2O4/c1-3-10-21-15-20(17-24(32-2)25(21)33-18-19-11-6-4-7-12-19)16-23-26(30)29(27(31)28-23)22-13-8-5-9-14-22/h3-9,11-17H,1,10,18H2,2H3,(H,28,31)/b23-16+. The minimum Gasteiger partial charge on any atom is -0.493 e. The van der Waals surface area contributed by atoms with E-state index in [-0.39, 0.29) is 5.70 Å². The molecule has 6 nitrogen and oxygen atoms in total. The summed E-state index contributed by atoms with van der Waals surface area (Å²) in [7, 11) is 1.57. The predicted octanol–water partition coefficient (Wildman–Crippen LogP) is 5.10. The van der Waals surface area contributed by atoms with Gasteiger partial charge in [0, 0.05) is 5.56 Å². The van der Waals surface area contributed by atoms with Crippen LogP contribution in [0.4, 0.5) is 10.5 Å². The molecule has 1 fully saturated rings. The molecule has 0 aliphatic carbocycles. The number of urea groups is 1. The van der Waals surface area contributed by atoms with E-state index >= 15 is 0 Å². The number of carbonyl (C=O) groups is 2. The number of anilines is 1. The average molecular weight is 440 g/mol. The smallest absolute Gasteiger partial charge is 0.333 e. The summed E-state index contributed by atoms with van der Waals surface area (Å²) < 4.78 is 11.7. The van der Waals surface area contributed by atoms with Crippen LogP contribution in [-0.4, -0.2) is 19.0 Å². The molecule has 0 spiro atoms. The highest BCUT2D eigenvalue weighted by molar-refractivity contribution is 6.28. The maximum atomic E-state index is 12.9. The lowest BCUT2D eigenvalue weighted by atomic mass is 10.0. The van der Waals surface area contributed by atoms with Crippen LogP contribution >= 0.6 is 0 Å². The van der Waals surface area contributed by atoms with Crippen LogP contribution in [0.15, 0.2) is 91.1 Å². The van der Waals surface area contributed by atoms with Gasteiger partial charge in [0.2, 0.25) is 0 Å². The Morgan fingerprint density at radius 1 is 1.00 bits per heavy atom. The second-order valence-corrected chi connectivity index (χ2v) is 7.44. The SMILES string of the molecule is C=CCc1cc(/C=C2/NC(=O)N(c3ccccc3)C2=O)cc(OC)c1OCc1ccccc1. The van der Waals surface area contributed by atoms with Gasteiger partial charge in [-0.3, -0.25) is 4.79 Å². The van der Waals surface area contributed by atoms with E-state index in [1.807, 2.05) is 42.5 Å². The summed E-state index contributed by atoms with van der Waals surface area (Å²) in [5.41, 5.74) is 3.31. The van der Waals surface area contributed by atoms with Crippen LogP contribution < -0.4 is 19.7 Å². The first-order valence-corrected chi connectivity index (χ1v) is 10.5. The number of nitrogens with one attached hydrogen (secondary N) is 1. The summed E-state index contributed by atoms with van der Waals surface area (Å²) in [4.78, 5) is 26.5. The van der Waals surface area contributed by atoms with Gasteiger partial charge in [0.25, 0.3) is 5.91 Å². The van der Waals surface area contributed by atoms with Crippen molar-refractivity contribution in [1.29, 1.82) is 0 Å². The van der Waals surface area contributed by atoms with Gasteiger partial charge in [0.15, 0.2) is 11.5 Å². The molecule has 1 N–H and O–H groups in total. The van der Waals surface area contributed by atoms with Crippen LogP contribution in [0.2, 0.25) is 0 Å². The number of carbonyl (C=O) groups excluding carboxylic acids is 2. The number of hydrogen-bond donors (Lipinski definition) is 1. The monoisotopic (exact) mass is 440 g/mol. The van der Waals surface area contributed by atoms with Gasteiger partial charge >= 0.3 is 6.03 Å². The molecule has 0 saturated carbocycles. The highest BCUT2D eigenvalue weighted by Crippen LogP contribution is 2.35. The highest BCUT2D eigenvalue weighted by Gasteiger charge is 2.34. The Morgan fingerprint density at radius 2 is 1.70 bits per heavy atom. The molecule has 0 atom stereocenters. The third-order valence-corrected chi connectivity index (χ3v) is 5.17. The molecule has 1 saturated heterocycles. The number of rotatable bonds is 8. The maximum absolute atomic E-state index is 12.9. The van der Waals surface area contributed by atoms with E-state index in [0.717, 1.165) is 16.0 Å². The summed E-state index contributed by atoms with van der Waals surface area (Å²) >= 11 is 0. The summed E-state index contributed by atoms with van der Waals surface area (Å²) in [5.74, 6) is 0.741. The number of allylic oxidation sites excluding steroid dienone is 1. The zero-order chi connectivity index (χ0) is 23.2. The summed E-state index contributed by atoms with van der Waals surface area (Å²) in [6.45, 7) is 4.23. The second kappa shape index (κ2) is 9.87.